The normalized spacial score (nSPS) is 15.5. The lowest BCUT2D eigenvalue weighted by atomic mass is 9.84. The predicted molar refractivity (Wildman–Crippen MR) is 88.4 cm³/mol. The fraction of sp³-hybridized carbons (Fsp3) is 0.350. The molecular weight excluding hydrogens is 272 g/mol. The van der Waals surface area contributed by atoms with Crippen LogP contribution in [0.15, 0.2) is 48.5 Å². The lowest BCUT2D eigenvalue weighted by molar-refractivity contribution is 0.111. The van der Waals surface area contributed by atoms with Crippen LogP contribution < -0.4 is 4.74 Å². The van der Waals surface area contributed by atoms with E-state index in [0.717, 1.165) is 17.8 Å². The second-order valence-electron chi connectivity index (χ2n) is 6.02. The average Bonchev–Trinajstić information content (AvgIpc) is 2.61. The van der Waals surface area contributed by atoms with Gasteiger partial charge in [0.2, 0.25) is 0 Å². The first-order chi connectivity index (χ1) is 10.9. The molecule has 0 radical (unpaired) electrons. The van der Waals surface area contributed by atoms with Gasteiger partial charge in [0.15, 0.2) is 6.29 Å². The van der Waals surface area contributed by atoms with E-state index in [0.29, 0.717) is 17.9 Å². The highest BCUT2D eigenvalue weighted by atomic mass is 16.5. The van der Waals surface area contributed by atoms with Crippen molar-refractivity contribution in [3.8, 4) is 5.75 Å². The number of para-hydroxylation sites is 1. The quantitative estimate of drug-likeness (QED) is 0.715. The van der Waals surface area contributed by atoms with Crippen molar-refractivity contribution in [2.75, 3.05) is 0 Å². The maximum atomic E-state index is 11.0. The van der Waals surface area contributed by atoms with Crippen molar-refractivity contribution in [2.45, 2.75) is 44.6 Å². The Kier molecular flexibility index (Phi) is 4.89. The molecule has 3 rings (SSSR count). The fourth-order valence-corrected chi connectivity index (χ4v) is 3.19. The molecule has 0 heterocycles. The molecule has 1 saturated carbocycles. The van der Waals surface area contributed by atoms with Gasteiger partial charge in [-0.15, -0.1) is 0 Å². The van der Waals surface area contributed by atoms with Crippen LogP contribution >= 0.6 is 0 Å². The van der Waals surface area contributed by atoms with Gasteiger partial charge in [-0.1, -0.05) is 55.7 Å². The molecule has 0 amide bonds. The molecule has 0 aromatic heterocycles. The lowest BCUT2D eigenvalue weighted by Gasteiger charge is -2.22. The molecule has 22 heavy (non-hydrogen) atoms. The molecule has 114 valence electrons. The summed E-state index contributed by atoms with van der Waals surface area (Å²) in [6.07, 6.45) is 7.58. The third-order valence-corrected chi connectivity index (χ3v) is 4.50. The van der Waals surface area contributed by atoms with Crippen molar-refractivity contribution in [3.05, 3.63) is 65.2 Å². The van der Waals surface area contributed by atoms with Gasteiger partial charge in [0, 0.05) is 0 Å². The number of aldehydes is 1. The third-order valence-electron chi connectivity index (χ3n) is 4.50. The average molecular weight is 294 g/mol. The lowest BCUT2D eigenvalue weighted by Crippen LogP contribution is -2.05. The molecule has 2 heteroatoms. The first kappa shape index (κ1) is 14.8. The Morgan fingerprint density at radius 2 is 1.68 bits per heavy atom. The highest BCUT2D eigenvalue weighted by molar-refractivity contribution is 5.79. The van der Waals surface area contributed by atoms with Crippen LogP contribution in [0.5, 0.6) is 5.75 Å². The van der Waals surface area contributed by atoms with E-state index in [4.69, 9.17) is 4.74 Å². The number of hydrogen-bond donors (Lipinski definition) is 0. The van der Waals surface area contributed by atoms with E-state index >= 15 is 0 Å². The van der Waals surface area contributed by atoms with Crippen molar-refractivity contribution < 1.29 is 9.53 Å². The van der Waals surface area contributed by atoms with Crippen molar-refractivity contribution in [1.82, 2.24) is 0 Å². The van der Waals surface area contributed by atoms with E-state index in [1.807, 2.05) is 18.2 Å². The summed E-state index contributed by atoms with van der Waals surface area (Å²) >= 11 is 0. The van der Waals surface area contributed by atoms with Crippen LogP contribution in [0.25, 0.3) is 0 Å². The minimum atomic E-state index is 0.496. The summed E-state index contributed by atoms with van der Waals surface area (Å²) in [6, 6.07) is 16.1. The van der Waals surface area contributed by atoms with E-state index < -0.39 is 0 Å². The molecule has 0 aliphatic heterocycles. The summed E-state index contributed by atoms with van der Waals surface area (Å²) in [5, 5.41) is 0. The van der Waals surface area contributed by atoms with Crippen molar-refractivity contribution >= 4 is 6.29 Å². The molecule has 1 aliphatic rings. The Hall–Kier alpha value is -2.09. The number of benzene rings is 2. The Morgan fingerprint density at radius 3 is 2.41 bits per heavy atom. The van der Waals surface area contributed by atoms with E-state index in [-0.39, 0.29) is 0 Å². The van der Waals surface area contributed by atoms with Crippen LogP contribution in [-0.2, 0) is 6.61 Å². The monoisotopic (exact) mass is 294 g/mol. The molecule has 0 unspecified atom stereocenters. The second kappa shape index (κ2) is 7.26. The largest absolute Gasteiger partial charge is 0.488 e. The molecule has 0 N–H and O–H groups in total. The van der Waals surface area contributed by atoms with Crippen LogP contribution in [0, 0.1) is 0 Å². The Labute approximate surface area is 132 Å². The van der Waals surface area contributed by atoms with Gasteiger partial charge in [0.05, 0.1) is 5.56 Å². The van der Waals surface area contributed by atoms with Crippen molar-refractivity contribution in [1.29, 1.82) is 0 Å². The summed E-state index contributed by atoms with van der Waals surface area (Å²) in [7, 11) is 0. The van der Waals surface area contributed by atoms with E-state index in [1.165, 1.54) is 37.7 Å². The highest BCUT2D eigenvalue weighted by Crippen LogP contribution is 2.32. The predicted octanol–water partition coefficient (Wildman–Crippen LogP) is 5.13. The highest BCUT2D eigenvalue weighted by Gasteiger charge is 2.15. The first-order valence-corrected chi connectivity index (χ1v) is 8.12. The zero-order valence-corrected chi connectivity index (χ0v) is 12.8. The van der Waals surface area contributed by atoms with E-state index in [1.54, 1.807) is 6.07 Å². The summed E-state index contributed by atoms with van der Waals surface area (Å²) < 4.78 is 5.77. The fourth-order valence-electron chi connectivity index (χ4n) is 3.19. The smallest absolute Gasteiger partial charge is 0.153 e. The maximum Gasteiger partial charge on any atom is 0.153 e. The molecule has 2 aromatic rings. The van der Waals surface area contributed by atoms with Crippen LogP contribution in [-0.4, -0.2) is 6.29 Å². The second-order valence-corrected chi connectivity index (χ2v) is 6.02. The summed E-state index contributed by atoms with van der Waals surface area (Å²) in [5.74, 6) is 1.38. The van der Waals surface area contributed by atoms with E-state index in [9.17, 15) is 4.79 Å². The molecule has 0 saturated heterocycles. The molecule has 2 aromatic carbocycles. The van der Waals surface area contributed by atoms with Crippen molar-refractivity contribution in [2.24, 2.45) is 0 Å². The standard InChI is InChI=1S/C20H22O2/c21-14-19-8-4-5-9-20(19)22-15-16-10-12-18(13-11-16)17-6-2-1-3-7-17/h4-5,8-14,17H,1-3,6-7,15H2. The van der Waals surface area contributed by atoms with Gasteiger partial charge in [-0.25, -0.2) is 0 Å². The molecule has 0 atom stereocenters. The number of carbonyl (C=O) groups excluding carboxylic acids is 1. The number of hydrogen-bond acceptors (Lipinski definition) is 2. The summed E-state index contributed by atoms with van der Waals surface area (Å²) in [5.41, 5.74) is 3.19. The van der Waals surface area contributed by atoms with Crippen LogP contribution in [0.3, 0.4) is 0 Å². The van der Waals surface area contributed by atoms with Crippen LogP contribution in [0.1, 0.15) is 59.5 Å². The van der Waals surface area contributed by atoms with Gasteiger partial charge in [-0.3, -0.25) is 4.79 Å². The zero-order chi connectivity index (χ0) is 15.2. The van der Waals surface area contributed by atoms with Gasteiger partial charge in [-0.05, 0) is 42.0 Å². The van der Waals surface area contributed by atoms with E-state index in [2.05, 4.69) is 24.3 Å². The van der Waals surface area contributed by atoms with Crippen LogP contribution in [0.2, 0.25) is 0 Å². The van der Waals surface area contributed by atoms with Gasteiger partial charge in [0.25, 0.3) is 0 Å². The Balaban J connectivity index is 1.62. The molecule has 1 aliphatic carbocycles. The molecule has 2 nitrogen and oxygen atoms in total. The van der Waals surface area contributed by atoms with Gasteiger partial charge in [-0.2, -0.15) is 0 Å². The number of ether oxygens (including phenoxy) is 1. The minimum Gasteiger partial charge on any atom is -0.488 e. The SMILES string of the molecule is O=Cc1ccccc1OCc1ccc(C2CCCCC2)cc1. The maximum absolute atomic E-state index is 11.0. The molecule has 0 bridgehead atoms. The van der Waals surface area contributed by atoms with Gasteiger partial charge >= 0.3 is 0 Å². The van der Waals surface area contributed by atoms with Crippen LogP contribution in [0.4, 0.5) is 0 Å². The Bertz CT molecular complexity index is 610. The zero-order valence-electron chi connectivity index (χ0n) is 12.8. The molecule has 1 fully saturated rings. The third kappa shape index (κ3) is 3.56. The molecule has 0 spiro atoms. The molecular formula is C20H22O2. The summed E-state index contributed by atoms with van der Waals surface area (Å²) in [6.45, 7) is 0.496. The first-order valence-electron chi connectivity index (χ1n) is 8.12. The number of carbonyl (C=O) groups is 1. The summed E-state index contributed by atoms with van der Waals surface area (Å²) in [4.78, 5) is 11.0. The topological polar surface area (TPSA) is 26.3 Å². The van der Waals surface area contributed by atoms with Gasteiger partial charge in [0.1, 0.15) is 12.4 Å². The van der Waals surface area contributed by atoms with Gasteiger partial charge < -0.3 is 4.74 Å². The Morgan fingerprint density at radius 1 is 0.955 bits per heavy atom. The number of rotatable bonds is 5. The van der Waals surface area contributed by atoms with Crippen molar-refractivity contribution in [3.63, 3.8) is 0 Å². The minimum absolute atomic E-state index is 0.496.